The maximum absolute atomic E-state index is 10.4. The molecule has 2 rings (SSSR count). The number of carboxylic acids is 1. The van der Waals surface area contributed by atoms with Crippen LogP contribution >= 0.6 is 11.6 Å². The zero-order valence-corrected chi connectivity index (χ0v) is 12.0. The predicted octanol–water partition coefficient (Wildman–Crippen LogP) is 2.96. The number of aliphatic carboxylic acids is 1. The average Bonchev–Trinajstić information content (AvgIpc) is 2.92. The summed E-state index contributed by atoms with van der Waals surface area (Å²) in [6.45, 7) is 2.06. The number of rotatable bonds is 6. The van der Waals surface area contributed by atoms with E-state index in [0.29, 0.717) is 34.5 Å². The summed E-state index contributed by atoms with van der Waals surface area (Å²) >= 11 is 6.07. The lowest BCUT2D eigenvalue weighted by Crippen LogP contribution is -1.98. The number of aryl methyl sites for hydroxylation is 1. The number of aromatic nitrogens is 2. The van der Waals surface area contributed by atoms with Gasteiger partial charge in [-0.15, -0.1) is 0 Å². The molecular formula is C14H13ClN2O4. The zero-order valence-electron chi connectivity index (χ0n) is 11.2. The number of hydrogen-bond acceptors (Lipinski definition) is 5. The molecule has 0 aliphatic rings. The van der Waals surface area contributed by atoms with E-state index in [-0.39, 0.29) is 6.61 Å². The molecule has 7 heteroatoms. The van der Waals surface area contributed by atoms with Crippen LogP contribution in [0.5, 0.6) is 5.75 Å². The molecule has 1 aromatic carbocycles. The van der Waals surface area contributed by atoms with Gasteiger partial charge in [0.2, 0.25) is 11.7 Å². The first-order chi connectivity index (χ1) is 10.1. The molecule has 0 saturated heterocycles. The van der Waals surface area contributed by atoms with Crippen LogP contribution in [-0.4, -0.2) is 21.2 Å². The van der Waals surface area contributed by atoms with E-state index >= 15 is 0 Å². The van der Waals surface area contributed by atoms with E-state index in [9.17, 15) is 4.79 Å². The van der Waals surface area contributed by atoms with Gasteiger partial charge in [-0.3, -0.25) is 0 Å². The smallest absolute Gasteiger partial charge is 0.328 e. The van der Waals surface area contributed by atoms with Crippen molar-refractivity contribution in [2.45, 2.75) is 20.0 Å². The van der Waals surface area contributed by atoms with Gasteiger partial charge in [0, 0.05) is 12.5 Å². The standard InChI is InChI=1S/C14H13ClN2O4/c1-2-13-16-12(17-21-13)8-20-11-5-3-9(7-10(11)15)4-6-14(18)19/h3-7H,2,8H2,1H3,(H,18,19). The fourth-order valence-electron chi connectivity index (χ4n) is 1.54. The van der Waals surface area contributed by atoms with Crippen LogP contribution in [-0.2, 0) is 17.8 Å². The molecule has 1 heterocycles. The van der Waals surface area contributed by atoms with E-state index in [0.717, 1.165) is 6.08 Å². The summed E-state index contributed by atoms with van der Waals surface area (Å²) in [5, 5.41) is 12.7. The summed E-state index contributed by atoms with van der Waals surface area (Å²) in [5.41, 5.74) is 0.669. The Hall–Kier alpha value is -2.34. The molecular weight excluding hydrogens is 296 g/mol. The third-order valence-electron chi connectivity index (χ3n) is 2.54. The van der Waals surface area contributed by atoms with Crippen molar-refractivity contribution in [3.8, 4) is 5.75 Å². The molecule has 0 aliphatic carbocycles. The van der Waals surface area contributed by atoms with Crippen molar-refractivity contribution in [1.29, 1.82) is 0 Å². The van der Waals surface area contributed by atoms with Gasteiger partial charge in [0.25, 0.3) is 0 Å². The zero-order chi connectivity index (χ0) is 15.2. The van der Waals surface area contributed by atoms with Crippen LogP contribution in [0, 0.1) is 0 Å². The van der Waals surface area contributed by atoms with E-state index in [1.54, 1.807) is 18.2 Å². The van der Waals surface area contributed by atoms with Crippen LogP contribution in [0.2, 0.25) is 5.02 Å². The second-order valence-electron chi connectivity index (χ2n) is 4.11. The van der Waals surface area contributed by atoms with Gasteiger partial charge in [-0.05, 0) is 23.8 Å². The van der Waals surface area contributed by atoms with E-state index in [4.69, 9.17) is 26.0 Å². The number of ether oxygens (including phenoxy) is 1. The number of nitrogens with zero attached hydrogens (tertiary/aromatic N) is 2. The van der Waals surface area contributed by atoms with Crippen LogP contribution in [0.1, 0.15) is 24.2 Å². The van der Waals surface area contributed by atoms with Gasteiger partial charge in [0.15, 0.2) is 6.61 Å². The Kier molecular flexibility index (Phi) is 4.94. The lowest BCUT2D eigenvalue weighted by Gasteiger charge is -2.06. The molecule has 1 N–H and O–H groups in total. The second-order valence-corrected chi connectivity index (χ2v) is 4.52. The van der Waals surface area contributed by atoms with Gasteiger partial charge in [0.05, 0.1) is 5.02 Å². The van der Waals surface area contributed by atoms with Crippen molar-refractivity contribution >= 4 is 23.6 Å². The maximum atomic E-state index is 10.4. The van der Waals surface area contributed by atoms with Crippen molar-refractivity contribution in [3.63, 3.8) is 0 Å². The largest absolute Gasteiger partial charge is 0.484 e. The highest BCUT2D eigenvalue weighted by atomic mass is 35.5. The minimum Gasteiger partial charge on any atom is -0.484 e. The number of carboxylic acid groups (broad SMARTS) is 1. The van der Waals surface area contributed by atoms with E-state index in [2.05, 4.69) is 10.1 Å². The lowest BCUT2D eigenvalue weighted by atomic mass is 10.2. The Morgan fingerprint density at radius 3 is 2.95 bits per heavy atom. The number of benzene rings is 1. The van der Waals surface area contributed by atoms with Crippen LogP contribution in [0.25, 0.3) is 6.08 Å². The lowest BCUT2D eigenvalue weighted by molar-refractivity contribution is -0.131. The topological polar surface area (TPSA) is 85.5 Å². The molecule has 6 nitrogen and oxygen atoms in total. The fraction of sp³-hybridized carbons (Fsp3) is 0.214. The molecule has 0 saturated carbocycles. The monoisotopic (exact) mass is 308 g/mol. The van der Waals surface area contributed by atoms with Crippen LogP contribution in [0.3, 0.4) is 0 Å². The molecule has 0 spiro atoms. The summed E-state index contributed by atoms with van der Waals surface area (Å²) in [7, 11) is 0. The molecule has 0 amide bonds. The number of carbonyl (C=O) groups is 1. The highest BCUT2D eigenvalue weighted by Gasteiger charge is 2.07. The van der Waals surface area contributed by atoms with Crippen molar-refractivity contribution < 1.29 is 19.2 Å². The SMILES string of the molecule is CCc1nc(COc2ccc(C=CC(=O)O)cc2Cl)no1. The van der Waals surface area contributed by atoms with Gasteiger partial charge < -0.3 is 14.4 Å². The molecule has 21 heavy (non-hydrogen) atoms. The van der Waals surface area contributed by atoms with E-state index < -0.39 is 5.97 Å². The van der Waals surface area contributed by atoms with Crippen molar-refractivity contribution in [1.82, 2.24) is 10.1 Å². The van der Waals surface area contributed by atoms with E-state index in [1.807, 2.05) is 6.92 Å². The maximum Gasteiger partial charge on any atom is 0.328 e. The Morgan fingerprint density at radius 2 is 2.33 bits per heavy atom. The van der Waals surface area contributed by atoms with Crippen LogP contribution < -0.4 is 4.74 Å². The quantitative estimate of drug-likeness (QED) is 0.826. The molecule has 0 fully saturated rings. The van der Waals surface area contributed by atoms with Gasteiger partial charge in [0.1, 0.15) is 5.75 Å². The summed E-state index contributed by atoms with van der Waals surface area (Å²) in [5.74, 6) is 0.439. The van der Waals surface area contributed by atoms with Crippen molar-refractivity contribution in [2.75, 3.05) is 0 Å². The Bertz CT molecular complexity index is 667. The molecule has 2 aromatic rings. The summed E-state index contributed by atoms with van der Waals surface area (Å²) in [6.07, 6.45) is 3.15. The molecule has 0 bridgehead atoms. The molecule has 0 atom stereocenters. The third kappa shape index (κ3) is 4.32. The minimum absolute atomic E-state index is 0.146. The number of hydrogen-bond donors (Lipinski definition) is 1. The molecule has 0 radical (unpaired) electrons. The first kappa shape index (κ1) is 15.1. The third-order valence-corrected chi connectivity index (χ3v) is 2.84. The molecule has 0 unspecified atom stereocenters. The fourth-order valence-corrected chi connectivity index (χ4v) is 1.78. The van der Waals surface area contributed by atoms with Gasteiger partial charge in [-0.2, -0.15) is 4.98 Å². The number of halogens is 1. The van der Waals surface area contributed by atoms with Gasteiger partial charge >= 0.3 is 5.97 Å². The summed E-state index contributed by atoms with van der Waals surface area (Å²) in [6, 6.07) is 4.98. The van der Waals surface area contributed by atoms with Gasteiger partial charge in [-0.1, -0.05) is 29.7 Å². The second kappa shape index (κ2) is 6.90. The van der Waals surface area contributed by atoms with Gasteiger partial charge in [-0.25, -0.2) is 4.79 Å². The summed E-state index contributed by atoms with van der Waals surface area (Å²) < 4.78 is 10.5. The Morgan fingerprint density at radius 1 is 1.52 bits per heavy atom. The van der Waals surface area contributed by atoms with Crippen LogP contribution in [0.4, 0.5) is 0 Å². The average molecular weight is 309 g/mol. The van der Waals surface area contributed by atoms with Crippen molar-refractivity contribution in [2.24, 2.45) is 0 Å². The minimum atomic E-state index is -1.02. The molecule has 1 aromatic heterocycles. The highest BCUT2D eigenvalue weighted by molar-refractivity contribution is 6.32. The van der Waals surface area contributed by atoms with E-state index in [1.165, 1.54) is 6.08 Å². The molecule has 110 valence electrons. The highest BCUT2D eigenvalue weighted by Crippen LogP contribution is 2.26. The normalized spacial score (nSPS) is 11.0. The first-order valence-electron chi connectivity index (χ1n) is 6.23. The first-order valence-corrected chi connectivity index (χ1v) is 6.61. The Labute approximate surface area is 126 Å². The van der Waals surface area contributed by atoms with Crippen LogP contribution in [0.15, 0.2) is 28.8 Å². The van der Waals surface area contributed by atoms with Crippen molar-refractivity contribution in [3.05, 3.63) is 46.6 Å². The molecule has 0 aliphatic heterocycles. The predicted molar refractivity (Wildman–Crippen MR) is 76.1 cm³/mol. The summed E-state index contributed by atoms with van der Waals surface area (Å²) in [4.78, 5) is 14.6. The Balaban J connectivity index is 2.02.